The van der Waals surface area contributed by atoms with E-state index in [4.69, 9.17) is 4.74 Å². The molecule has 0 saturated carbocycles. The minimum absolute atomic E-state index is 0.212. The molecule has 3 rings (SSSR count). The minimum atomic E-state index is -0.636. The van der Waals surface area contributed by atoms with E-state index in [0.29, 0.717) is 11.5 Å². The zero-order valence-corrected chi connectivity index (χ0v) is 23.0. The molecule has 0 saturated heterocycles. The van der Waals surface area contributed by atoms with Gasteiger partial charge in [-0.05, 0) is 41.8 Å². The Morgan fingerprint density at radius 1 is 0.800 bits per heavy atom. The van der Waals surface area contributed by atoms with Crippen molar-refractivity contribution in [2.75, 3.05) is 19.0 Å². The molecule has 40 heavy (non-hydrogen) atoms. The zero-order valence-electron chi connectivity index (χ0n) is 23.0. The number of carbonyl (C=O) groups excluding carboxylic acids is 3. The fourth-order valence-electron chi connectivity index (χ4n) is 4.31. The number of aryl methyl sites for hydroxylation is 1. The summed E-state index contributed by atoms with van der Waals surface area (Å²) in [6.45, 7) is 0.448. The smallest absolute Gasteiger partial charge is 0.411 e. The third-order valence-corrected chi connectivity index (χ3v) is 6.57. The third kappa shape index (κ3) is 10.5. The number of fused-ring (bicyclic) bond motifs is 1. The lowest BCUT2D eigenvalue weighted by Crippen LogP contribution is -2.26. The summed E-state index contributed by atoms with van der Waals surface area (Å²) >= 11 is 0. The summed E-state index contributed by atoms with van der Waals surface area (Å²) < 4.78 is 9.83. The molecule has 0 aliphatic heterocycles. The topological polar surface area (TPSA) is 105 Å². The van der Waals surface area contributed by atoms with Crippen molar-refractivity contribution in [2.45, 2.75) is 58.0 Å². The number of ether oxygens (including phenoxy) is 2. The molecule has 3 aromatic carbocycles. The van der Waals surface area contributed by atoms with Crippen LogP contribution >= 0.6 is 0 Å². The molecule has 0 fully saturated rings. The molecule has 8 nitrogen and oxygen atoms in total. The Labute approximate surface area is 235 Å². The Balaban J connectivity index is 1.23. The number of rotatable bonds is 15. The molecule has 0 unspecified atom stereocenters. The van der Waals surface area contributed by atoms with Gasteiger partial charge >= 0.3 is 12.1 Å². The highest BCUT2D eigenvalue weighted by atomic mass is 16.5. The fourth-order valence-corrected chi connectivity index (χ4v) is 4.31. The predicted molar refractivity (Wildman–Crippen MR) is 155 cm³/mol. The molecule has 0 aliphatic rings. The first-order chi connectivity index (χ1) is 19.5. The highest BCUT2D eigenvalue weighted by Crippen LogP contribution is 2.23. The third-order valence-electron chi connectivity index (χ3n) is 6.57. The van der Waals surface area contributed by atoms with E-state index < -0.39 is 18.0 Å². The number of amides is 2. The summed E-state index contributed by atoms with van der Waals surface area (Å²) in [6, 6.07) is 21.8. The molecule has 0 heterocycles. The van der Waals surface area contributed by atoms with Crippen LogP contribution in [0.4, 0.5) is 10.5 Å². The molecule has 2 amide bonds. The van der Waals surface area contributed by atoms with E-state index in [1.54, 1.807) is 0 Å². The SMILES string of the molecule is COC(=O)/C=C/C(=O)N(O)CCCCCCCCCc1ccc(COC(=O)Nc2cccc3ccccc23)cc1. The lowest BCUT2D eigenvalue weighted by Gasteiger charge is -2.12. The van der Waals surface area contributed by atoms with E-state index in [0.717, 1.165) is 79.1 Å². The second-order valence-corrected chi connectivity index (χ2v) is 9.59. The van der Waals surface area contributed by atoms with Gasteiger partial charge in [0, 0.05) is 24.1 Å². The highest BCUT2D eigenvalue weighted by molar-refractivity contribution is 6.00. The van der Waals surface area contributed by atoms with Crippen LogP contribution in [0.25, 0.3) is 10.8 Å². The molecule has 3 aromatic rings. The van der Waals surface area contributed by atoms with E-state index >= 15 is 0 Å². The molecule has 0 aliphatic carbocycles. The van der Waals surface area contributed by atoms with Gasteiger partial charge in [-0.3, -0.25) is 15.3 Å². The molecule has 0 aromatic heterocycles. The van der Waals surface area contributed by atoms with Crippen LogP contribution < -0.4 is 5.32 Å². The number of anilines is 1. The van der Waals surface area contributed by atoms with Gasteiger partial charge in [0.05, 0.1) is 12.8 Å². The van der Waals surface area contributed by atoms with Crippen molar-refractivity contribution in [3.63, 3.8) is 0 Å². The van der Waals surface area contributed by atoms with Crippen LogP contribution in [0.2, 0.25) is 0 Å². The summed E-state index contributed by atoms with van der Waals surface area (Å²) in [7, 11) is 1.22. The second kappa shape index (κ2) is 16.7. The van der Waals surface area contributed by atoms with Gasteiger partial charge in [-0.1, -0.05) is 92.8 Å². The molecule has 0 radical (unpaired) electrons. The molecular formula is C32H38N2O6. The van der Waals surface area contributed by atoms with Crippen LogP contribution in [0.3, 0.4) is 0 Å². The first-order valence-corrected chi connectivity index (χ1v) is 13.7. The van der Waals surface area contributed by atoms with Crippen molar-refractivity contribution < 1.29 is 29.1 Å². The number of nitrogens with one attached hydrogen (secondary N) is 1. The number of hydrogen-bond donors (Lipinski definition) is 2. The predicted octanol–water partition coefficient (Wildman–Crippen LogP) is 6.81. The van der Waals surface area contributed by atoms with Gasteiger partial charge in [0.1, 0.15) is 6.61 Å². The minimum Gasteiger partial charge on any atom is -0.466 e. The molecule has 0 atom stereocenters. The number of carbonyl (C=O) groups is 3. The van der Waals surface area contributed by atoms with Gasteiger partial charge in [0.15, 0.2) is 0 Å². The maximum absolute atomic E-state index is 12.3. The van der Waals surface area contributed by atoms with Gasteiger partial charge < -0.3 is 9.47 Å². The molecule has 0 spiro atoms. The Kier molecular flexibility index (Phi) is 12.7. The Hall–Kier alpha value is -4.17. The Morgan fingerprint density at radius 2 is 1.45 bits per heavy atom. The maximum Gasteiger partial charge on any atom is 0.411 e. The van der Waals surface area contributed by atoms with Crippen LogP contribution in [-0.2, 0) is 32.1 Å². The maximum atomic E-state index is 12.3. The van der Waals surface area contributed by atoms with E-state index in [9.17, 15) is 19.6 Å². The summed E-state index contributed by atoms with van der Waals surface area (Å²) in [5.74, 6) is -1.27. The first-order valence-electron chi connectivity index (χ1n) is 13.7. The summed E-state index contributed by atoms with van der Waals surface area (Å²) in [4.78, 5) is 35.0. The van der Waals surface area contributed by atoms with Crippen molar-refractivity contribution in [1.29, 1.82) is 0 Å². The normalized spacial score (nSPS) is 10.9. The van der Waals surface area contributed by atoms with Gasteiger partial charge in [-0.25, -0.2) is 14.7 Å². The first kappa shape index (κ1) is 30.4. The van der Waals surface area contributed by atoms with Crippen molar-refractivity contribution >= 4 is 34.4 Å². The van der Waals surface area contributed by atoms with Crippen LogP contribution in [0.1, 0.15) is 56.1 Å². The average molecular weight is 547 g/mol. The largest absolute Gasteiger partial charge is 0.466 e. The lowest BCUT2D eigenvalue weighted by molar-refractivity contribution is -0.159. The van der Waals surface area contributed by atoms with E-state index in [1.165, 1.54) is 12.7 Å². The van der Waals surface area contributed by atoms with E-state index in [2.05, 4.69) is 22.2 Å². The number of esters is 1. The molecule has 2 N–H and O–H groups in total. The van der Waals surface area contributed by atoms with Gasteiger partial charge in [0.2, 0.25) is 0 Å². The number of nitrogens with zero attached hydrogens (tertiary/aromatic N) is 1. The Bertz CT molecular complexity index is 1270. The average Bonchev–Trinajstić information content (AvgIpc) is 2.98. The number of methoxy groups -OCH3 is 1. The summed E-state index contributed by atoms with van der Waals surface area (Å²) in [5.41, 5.74) is 2.94. The molecule has 0 bridgehead atoms. The van der Waals surface area contributed by atoms with Crippen LogP contribution in [0, 0.1) is 0 Å². The second-order valence-electron chi connectivity index (χ2n) is 9.59. The monoisotopic (exact) mass is 546 g/mol. The van der Waals surface area contributed by atoms with Crippen molar-refractivity contribution in [3.8, 4) is 0 Å². The van der Waals surface area contributed by atoms with Crippen LogP contribution in [-0.4, -0.2) is 41.9 Å². The fraction of sp³-hybridized carbons (Fsp3) is 0.344. The van der Waals surface area contributed by atoms with Gasteiger partial charge in [-0.2, -0.15) is 0 Å². The van der Waals surface area contributed by atoms with Crippen LogP contribution in [0.5, 0.6) is 0 Å². The lowest BCUT2D eigenvalue weighted by atomic mass is 10.0. The number of unbranched alkanes of at least 4 members (excludes halogenated alkanes) is 6. The van der Waals surface area contributed by atoms with Crippen molar-refractivity contribution in [1.82, 2.24) is 5.06 Å². The number of benzene rings is 3. The summed E-state index contributed by atoms with van der Waals surface area (Å²) in [5, 5.41) is 15.2. The standard InChI is InChI=1S/C32H38N2O6/c1-39-31(36)22-21-30(35)34(38)23-10-6-4-2-3-5-7-12-25-17-19-26(20-18-25)24-40-32(37)33-29-16-11-14-27-13-8-9-15-28(27)29/h8-9,11,13-22,38H,2-7,10,12,23-24H2,1H3,(H,33,37)/b22-21+. The van der Waals surface area contributed by atoms with Crippen LogP contribution in [0.15, 0.2) is 78.9 Å². The van der Waals surface area contributed by atoms with E-state index in [1.807, 2.05) is 54.6 Å². The van der Waals surface area contributed by atoms with Crippen molar-refractivity contribution in [3.05, 3.63) is 90.0 Å². The number of hydroxylamine groups is 2. The molecule has 212 valence electrons. The zero-order chi connectivity index (χ0) is 28.6. The summed E-state index contributed by atoms with van der Waals surface area (Å²) in [6.07, 6.45) is 9.69. The van der Waals surface area contributed by atoms with Gasteiger partial charge in [0.25, 0.3) is 5.91 Å². The molecule has 8 heteroatoms. The van der Waals surface area contributed by atoms with Crippen molar-refractivity contribution in [2.24, 2.45) is 0 Å². The quantitative estimate of drug-likeness (QED) is 0.0713. The molecular weight excluding hydrogens is 508 g/mol. The van der Waals surface area contributed by atoms with E-state index in [-0.39, 0.29) is 13.2 Å². The number of hydrogen-bond acceptors (Lipinski definition) is 6. The Morgan fingerprint density at radius 3 is 2.20 bits per heavy atom. The highest BCUT2D eigenvalue weighted by Gasteiger charge is 2.08. The van der Waals surface area contributed by atoms with Gasteiger partial charge in [-0.15, -0.1) is 0 Å².